The first-order valence-corrected chi connectivity index (χ1v) is 5.53. The largest absolute Gasteiger partial charge is 0.468 e. The third-order valence-corrected chi connectivity index (χ3v) is 2.63. The van der Waals surface area contributed by atoms with Gasteiger partial charge in [0.1, 0.15) is 11.7 Å². The van der Waals surface area contributed by atoms with Gasteiger partial charge in [-0.15, -0.1) is 0 Å². The van der Waals surface area contributed by atoms with Gasteiger partial charge in [0.25, 0.3) is 0 Å². The van der Waals surface area contributed by atoms with Crippen LogP contribution in [0.5, 0.6) is 0 Å². The summed E-state index contributed by atoms with van der Waals surface area (Å²) in [6, 6.07) is 0. The van der Waals surface area contributed by atoms with E-state index in [9.17, 15) is 4.79 Å². The van der Waals surface area contributed by atoms with Gasteiger partial charge in [0.15, 0.2) is 0 Å². The zero-order chi connectivity index (χ0) is 12.3. The lowest BCUT2D eigenvalue weighted by Crippen LogP contribution is -2.16. The highest BCUT2D eigenvalue weighted by Gasteiger charge is 2.24. The molecule has 1 atom stereocenters. The van der Waals surface area contributed by atoms with Gasteiger partial charge in [0, 0.05) is 17.3 Å². The number of nitrogens with one attached hydrogen (secondary N) is 1. The molecular formula is C12H20N2O2. The lowest BCUT2D eigenvalue weighted by Gasteiger charge is -2.16. The highest BCUT2D eigenvalue weighted by atomic mass is 16.5. The number of ether oxygens (including phenoxy) is 1. The van der Waals surface area contributed by atoms with Crippen molar-refractivity contribution in [2.75, 3.05) is 7.11 Å². The van der Waals surface area contributed by atoms with E-state index in [4.69, 9.17) is 4.74 Å². The standard InChI is InChI=1S/C12H20N2O2/c1-6-8(11(15)16-5)10-13-7-9(14-10)12(2,3)4/h7-8H,6H2,1-5H3,(H,13,14). The van der Waals surface area contributed by atoms with Crippen molar-refractivity contribution in [1.29, 1.82) is 0 Å². The molecule has 16 heavy (non-hydrogen) atoms. The minimum atomic E-state index is -0.291. The lowest BCUT2D eigenvalue weighted by molar-refractivity contribution is -0.142. The SMILES string of the molecule is CCC(C(=O)OC)c1ncc(C(C)(C)C)[nH]1. The minimum absolute atomic E-state index is 0.0136. The predicted molar refractivity (Wildman–Crippen MR) is 62.3 cm³/mol. The van der Waals surface area contributed by atoms with Crippen molar-refractivity contribution >= 4 is 5.97 Å². The average molecular weight is 224 g/mol. The topological polar surface area (TPSA) is 55.0 Å². The maximum Gasteiger partial charge on any atom is 0.316 e. The average Bonchev–Trinajstić information content (AvgIpc) is 2.67. The Hall–Kier alpha value is -1.32. The number of methoxy groups -OCH3 is 1. The molecule has 0 radical (unpaired) electrons. The Morgan fingerprint density at radius 2 is 2.19 bits per heavy atom. The smallest absolute Gasteiger partial charge is 0.316 e. The van der Waals surface area contributed by atoms with Crippen LogP contribution in [0.4, 0.5) is 0 Å². The summed E-state index contributed by atoms with van der Waals surface area (Å²) in [5.74, 6) is 0.165. The van der Waals surface area contributed by atoms with Crippen LogP contribution in [0, 0.1) is 0 Å². The lowest BCUT2D eigenvalue weighted by atomic mass is 9.93. The van der Waals surface area contributed by atoms with Crippen LogP contribution in [-0.4, -0.2) is 23.0 Å². The Balaban J connectivity index is 2.96. The molecule has 0 amide bonds. The van der Waals surface area contributed by atoms with Crippen molar-refractivity contribution in [3.05, 3.63) is 17.7 Å². The molecule has 1 rings (SSSR count). The number of nitrogens with zero attached hydrogens (tertiary/aromatic N) is 1. The molecule has 1 heterocycles. The summed E-state index contributed by atoms with van der Waals surface area (Å²) in [5, 5.41) is 0. The van der Waals surface area contributed by atoms with Crippen LogP contribution in [0.1, 0.15) is 51.6 Å². The first-order chi connectivity index (χ1) is 7.40. The van der Waals surface area contributed by atoms with Crippen molar-refractivity contribution in [3.8, 4) is 0 Å². The molecule has 90 valence electrons. The number of carbonyl (C=O) groups is 1. The van der Waals surface area contributed by atoms with Crippen LogP contribution in [0.25, 0.3) is 0 Å². The molecule has 0 saturated heterocycles. The zero-order valence-electron chi connectivity index (χ0n) is 10.6. The van der Waals surface area contributed by atoms with E-state index in [0.29, 0.717) is 12.2 Å². The van der Waals surface area contributed by atoms with E-state index < -0.39 is 0 Å². The molecule has 0 spiro atoms. The monoisotopic (exact) mass is 224 g/mol. The fourth-order valence-corrected chi connectivity index (χ4v) is 1.51. The number of hydrogen-bond donors (Lipinski definition) is 1. The summed E-state index contributed by atoms with van der Waals surface area (Å²) in [4.78, 5) is 19.0. The Bertz CT molecular complexity index is 363. The van der Waals surface area contributed by atoms with Crippen molar-refractivity contribution in [1.82, 2.24) is 9.97 Å². The quantitative estimate of drug-likeness (QED) is 0.802. The Morgan fingerprint density at radius 1 is 1.56 bits per heavy atom. The highest BCUT2D eigenvalue weighted by molar-refractivity contribution is 5.76. The van der Waals surface area contributed by atoms with Gasteiger partial charge >= 0.3 is 5.97 Å². The van der Waals surface area contributed by atoms with Gasteiger partial charge in [-0.05, 0) is 6.42 Å². The van der Waals surface area contributed by atoms with Crippen molar-refractivity contribution in [2.24, 2.45) is 0 Å². The number of imidazole rings is 1. The van der Waals surface area contributed by atoms with Crippen molar-refractivity contribution < 1.29 is 9.53 Å². The van der Waals surface area contributed by atoms with Crippen LogP contribution in [-0.2, 0) is 14.9 Å². The molecule has 0 aromatic carbocycles. The van der Waals surface area contributed by atoms with Crippen LogP contribution >= 0.6 is 0 Å². The number of aromatic nitrogens is 2. The summed E-state index contributed by atoms with van der Waals surface area (Å²) in [5.41, 5.74) is 1.05. The van der Waals surface area contributed by atoms with E-state index in [1.165, 1.54) is 7.11 Å². The van der Waals surface area contributed by atoms with E-state index in [1.807, 2.05) is 6.92 Å². The van der Waals surface area contributed by atoms with E-state index >= 15 is 0 Å². The number of hydrogen-bond acceptors (Lipinski definition) is 3. The Morgan fingerprint density at radius 3 is 2.56 bits per heavy atom. The highest BCUT2D eigenvalue weighted by Crippen LogP contribution is 2.24. The second-order valence-electron chi connectivity index (χ2n) is 4.92. The van der Waals surface area contributed by atoms with Gasteiger partial charge in [-0.3, -0.25) is 4.79 Å². The van der Waals surface area contributed by atoms with Crippen LogP contribution in [0.2, 0.25) is 0 Å². The molecule has 0 saturated carbocycles. The molecule has 1 N–H and O–H groups in total. The van der Waals surface area contributed by atoms with Crippen LogP contribution < -0.4 is 0 Å². The normalized spacial score (nSPS) is 13.6. The number of aromatic amines is 1. The summed E-state index contributed by atoms with van der Waals surface area (Å²) in [6.07, 6.45) is 2.48. The summed E-state index contributed by atoms with van der Waals surface area (Å²) < 4.78 is 4.75. The molecule has 0 aliphatic carbocycles. The van der Waals surface area contributed by atoms with Gasteiger partial charge in [-0.2, -0.15) is 0 Å². The first kappa shape index (κ1) is 12.7. The van der Waals surface area contributed by atoms with Crippen molar-refractivity contribution in [2.45, 2.75) is 45.4 Å². The van der Waals surface area contributed by atoms with Gasteiger partial charge in [0.05, 0.1) is 7.11 Å². The molecule has 1 aromatic heterocycles. The maximum absolute atomic E-state index is 11.5. The molecule has 1 aromatic rings. The molecule has 4 nitrogen and oxygen atoms in total. The Labute approximate surface area is 96.4 Å². The molecule has 0 bridgehead atoms. The summed E-state index contributed by atoms with van der Waals surface area (Å²) >= 11 is 0. The molecule has 0 aliphatic rings. The number of carbonyl (C=O) groups excluding carboxylic acids is 1. The summed E-state index contributed by atoms with van der Waals surface area (Å²) in [6.45, 7) is 8.25. The number of esters is 1. The summed E-state index contributed by atoms with van der Waals surface area (Å²) in [7, 11) is 1.40. The Kier molecular flexibility index (Phi) is 3.73. The third kappa shape index (κ3) is 2.62. The van der Waals surface area contributed by atoms with E-state index in [1.54, 1.807) is 6.20 Å². The minimum Gasteiger partial charge on any atom is -0.468 e. The van der Waals surface area contributed by atoms with E-state index in [0.717, 1.165) is 5.69 Å². The van der Waals surface area contributed by atoms with Gasteiger partial charge in [-0.1, -0.05) is 27.7 Å². The third-order valence-electron chi connectivity index (χ3n) is 2.63. The second-order valence-corrected chi connectivity index (χ2v) is 4.92. The van der Waals surface area contributed by atoms with Gasteiger partial charge < -0.3 is 9.72 Å². The molecule has 0 fully saturated rings. The predicted octanol–water partition coefficient (Wildman–Crippen LogP) is 2.37. The van der Waals surface area contributed by atoms with Crippen LogP contribution in [0.15, 0.2) is 6.20 Å². The second kappa shape index (κ2) is 4.68. The zero-order valence-corrected chi connectivity index (χ0v) is 10.6. The van der Waals surface area contributed by atoms with Gasteiger partial charge in [-0.25, -0.2) is 4.98 Å². The van der Waals surface area contributed by atoms with Crippen molar-refractivity contribution in [3.63, 3.8) is 0 Å². The number of H-pyrrole nitrogens is 1. The number of rotatable bonds is 3. The van der Waals surface area contributed by atoms with E-state index in [2.05, 4.69) is 30.7 Å². The van der Waals surface area contributed by atoms with Crippen LogP contribution in [0.3, 0.4) is 0 Å². The molecule has 1 unspecified atom stereocenters. The molecule has 4 heteroatoms. The van der Waals surface area contributed by atoms with Gasteiger partial charge in [0.2, 0.25) is 0 Å². The van der Waals surface area contributed by atoms with E-state index in [-0.39, 0.29) is 17.3 Å². The maximum atomic E-state index is 11.5. The molecular weight excluding hydrogens is 204 g/mol. The molecule has 0 aliphatic heterocycles. The first-order valence-electron chi connectivity index (χ1n) is 5.53. The fourth-order valence-electron chi connectivity index (χ4n) is 1.51. The fraction of sp³-hybridized carbons (Fsp3) is 0.667.